The molecule has 4 aromatic rings. The van der Waals surface area contributed by atoms with E-state index >= 15 is 0 Å². The van der Waals surface area contributed by atoms with Gasteiger partial charge >= 0.3 is 0 Å². The molecule has 2 aromatic carbocycles. The number of ether oxygens (including phenoxy) is 2. The van der Waals surface area contributed by atoms with Gasteiger partial charge in [0, 0.05) is 68.0 Å². The number of nitrogens with one attached hydrogen (secondary N) is 1. The molecule has 0 unspecified atom stereocenters. The number of nitrogens with zero attached hydrogens (tertiary/aromatic N) is 5. The van der Waals surface area contributed by atoms with Crippen LogP contribution in [-0.2, 0) is 7.05 Å². The topological polar surface area (TPSA) is 97.6 Å². The Morgan fingerprint density at radius 2 is 1.76 bits per heavy atom. The first-order chi connectivity index (χ1) is 16.1. The van der Waals surface area contributed by atoms with Gasteiger partial charge in [-0.2, -0.15) is 5.10 Å². The molecule has 0 fully saturated rings. The first-order valence-electron chi connectivity index (χ1n) is 10.7. The van der Waals surface area contributed by atoms with Crippen molar-refractivity contribution in [3.63, 3.8) is 0 Å². The van der Waals surface area contributed by atoms with Gasteiger partial charge < -0.3 is 24.8 Å². The maximum Gasteiger partial charge on any atom is 0.124 e. The zero-order valence-corrected chi connectivity index (χ0v) is 19.0. The molecule has 0 aliphatic carbocycles. The Labute approximate surface area is 192 Å². The van der Waals surface area contributed by atoms with E-state index in [4.69, 9.17) is 19.6 Å². The molecule has 2 aromatic heterocycles. The van der Waals surface area contributed by atoms with Crippen LogP contribution in [-0.4, -0.2) is 65.3 Å². The zero-order valence-electron chi connectivity index (χ0n) is 19.0. The van der Waals surface area contributed by atoms with Crippen molar-refractivity contribution in [2.75, 3.05) is 45.4 Å². The molecule has 0 bridgehead atoms. The SMILES string of the molecule is COc1cc(OC)cc(N(CCNCCO)c2ccc3ncc(-c4cnn(C)c4)nc3c2)c1. The van der Waals surface area contributed by atoms with E-state index in [2.05, 4.69) is 20.3 Å². The van der Waals surface area contributed by atoms with E-state index in [0.717, 1.165) is 33.7 Å². The Balaban J connectivity index is 1.74. The van der Waals surface area contributed by atoms with E-state index in [1.54, 1.807) is 31.3 Å². The normalized spacial score (nSPS) is 11.0. The second-order valence-electron chi connectivity index (χ2n) is 7.53. The molecule has 0 radical (unpaired) electrons. The average Bonchev–Trinajstić information content (AvgIpc) is 3.29. The average molecular weight is 449 g/mol. The third-order valence-electron chi connectivity index (χ3n) is 5.29. The lowest BCUT2D eigenvalue weighted by Gasteiger charge is -2.26. The molecule has 4 rings (SSSR count). The van der Waals surface area contributed by atoms with Crippen LogP contribution in [0.15, 0.2) is 55.0 Å². The van der Waals surface area contributed by atoms with Crippen LogP contribution < -0.4 is 19.7 Å². The van der Waals surface area contributed by atoms with Crippen LogP contribution in [0.25, 0.3) is 22.3 Å². The molecule has 0 spiro atoms. The van der Waals surface area contributed by atoms with Gasteiger partial charge in [-0.1, -0.05) is 0 Å². The monoisotopic (exact) mass is 448 g/mol. The first-order valence-corrected chi connectivity index (χ1v) is 10.7. The van der Waals surface area contributed by atoms with E-state index in [-0.39, 0.29) is 6.61 Å². The summed E-state index contributed by atoms with van der Waals surface area (Å²) < 4.78 is 12.7. The summed E-state index contributed by atoms with van der Waals surface area (Å²) in [6, 6.07) is 11.8. The van der Waals surface area contributed by atoms with Gasteiger partial charge in [0.25, 0.3) is 0 Å². The molecule has 0 aliphatic rings. The summed E-state index contributed by atoms with van der Waals surface area (Å²) in [5.74, 6) is 1.41. The van der Waals surface area contributed by atoms with Gasteiger partial charge in [-0.25, -0.2) is 4.98 Å². The summed E-state index contributed by atoms with van der Waals surface area (Å²) in [6.07, 6.45) is 5.46. The van der Waals surface area contributed by atoms with Crippen molar-refractivity contribution in [2.45, 2.75) is 0 Å². The lowest BCUT2D eigenvalue weighted by Crippen LogP contribution is -2.30. The van der Waals surface area contributed by atoms with Gasteiger partial charge in [0.15, 0.2) is 0 Å². The number of aromatic nitrogens is 4. The molecule has 2 N–H and O–H groups in total. The second kappa shape index (κ2) is 10.3. The van der Waals surface area contributed by atoms with Crippen molar-refractivity contribution in [3.8, 4) is 22.8 Å². The van der Waals surface area contributed by atoms with Gasteiger partial charge in [0.2, 0.25) is 0 Å². The largest absolute Gasteiger partial charge is 0.497 e. The van der Waals surface area contributed by atoms with E-state index in [1.807, 2.05) is 49.6 Å². The number of fused-ring (bicyclic) bond motifs is 1. The fourth-order valence-electron chi connectivity index (χ4n) is 3.61. The molecular weight excluding hydrogens is 420 g/mol. The Kier molecular flexibility index (Phi) is 7.01. The molecule has 172 valence electrons. The first kappa shape index (κ1) is 22.5. The fraction of sp³-hybridized carbons (Fsp3) is 0.292. The molecule has 0 amide bonds. The third-order valence-corrected chi connectivity index (χ3v) is 5.29. The highest BCUT2D eigenvalue weighted by molar-refractivity contribution is 5.82. The van der Waals surface area contributed by atoms with Gasteiger partial charge in [0.05, 0.1) is 49.9 Å². The highest BCUT2D eigenvalue weighted by atomic mass is 16.5. The summed E-state index contributed by atoms with van der Waals surface area (Å²) in [5.41, 5.74) is 5.17. The van der Waals surface area contributed by atoms with E-state index in [9.17, 15) is 0 Å². The minimum absolute atomic E-state index is 0.0929. The third kappa shape index (κ3) is 5.21. The number of aliphatic hydroxyl groups is 1. The van der Waals surface area contributed by atoms with Crippen molar-refractivity contribution in [1.82, 2.24) is 25.1 Å². The minimum atomic E-state index is 0.0929. The standard InChI is InChI=1S/C24H28N6O3/c1-29-16-17(14-27-29)24-15-26-22-5-4-18(12-23(22)28-24)30(8-6-25-7-9-31)19-10-20(32-2)13-21(11-19)33-3/h4-5,10-16,25,31H,6-9H2,1-3H3. The Morgan fingerprint density at radius 3 is 2.42 bits per heavy atom. The van der Waals surface area contributed by atoms with Crippen molar-refractivity contribution in [2.24, 2.45) is 7.05 Å². The summed E-state index contributed by atoms with van der Waals surface area (Å²) in [6.45, 7) is 1.97. The highest BCUT2D eigenvalue weighted by Gasteiger charge is 2.14. The van der Waals surface area contributed by atoms with Crippen LogP contribution in [0, 0.1) is 0 Å². The molecule has 9 heteroatoms. The maximum atomic E-state index is 9.11. The summed E-state index contributed by atoms with van der Waals surface area (Å²) in [7, 11) is 5.15. The molecule has 0 aliphatic heterocycles. The quantitative estimate of drug-likeness (QED) is 0.358. The van der Waals surface area contributed by atoms with Gasteiger partial charge in [-0.15, -0.1) is 0 Å². The number of rotatable bonds is 10. The Hall–Kier alpha value is -3.69. The van der Waals surface area contributed by atoms with Crippen LogP contribution in [0.4, 0.5) is 11.4 Å². The van der Waals surface area contributed by atoms with E-state index in [1.165, 1.54) is 0 Å². The lowest BCUT2D eigenvalue weighted by atomic mass is 10.2. The minimum Gasteiger partial charge on any atom is -0.497 e. The van der Waals surface area contributed by atoms with Gasteiger partial charge in [0.1, 0.15) is 11.5 Å². The smallest absolute Gasteiger partial charge is 0.124 e. The summed E-state index contributed by atoms with van der Waals surface area (Å²) in [4.78, 5) is 11.6. The van der Waals surface area contributed by atoms with Crippen molar-refractivity contribution < 1.29 is 14.6 Å². The van der Waals surface area contributed by atoms with Crippen LogP contribution >= 0.6 is 0 Å². The predicted molar refractivity (Wildman–Crippen MR) is 128 cm³/mol. The number of aryl methyl sites for hydroxylation is 1. The van der Waals surface area contributed by atoms with Gasteiger partial charge in [-0.05, 0) is 18.2 Å². The molecule has 0 saturated carbocycles. The molecular formula is C24H28N6O3. The van der Waals surface area contributed by atoms with Crippen LogP contribution in [0.2, 0.25) is 0 Å². The maximum absolute atomic E-state index is 9.11. The molecule has 0 saturated heterocycles. The summed E-state index contributed by atoms with van der Waals surface area (Å²) >= 11 is 0. The number of hydrogen-bond acceptors (Lipinski definition) is 8. The number of methoxy groups -OCH3 is 2. The van der Waals surface area contributed by atoms with Crippen molar-refractivity contribution in [3.05, 3.63) is 55.0 Å². The van der Waals surface area contributed by atoms with E-state index in [0.29, 0.717) is 31.1 Å². The lowest BCUT2D eigenvalue weighted by molar-refractivity contribution is 0.293. The van der Waals surface area contributed by atoms with E-state index < -0.39 is 0 Å². The fourth-order valence-corrected chi connectivity index (χ4v) is 3.61. The van der Waals surface area contributed by atoms with Gasteiger partial charge in [-0.3, -0.25) is 9.67 Å². The second-order valence-corrected chi connectivity index (χ2v) is 7.53. The molecule has 33 heavy (non-hydrogen) atoms. The Bertz CT molecular complexity index is 1200. The Morgan fingerprint density at radius 1 is 0.970 bits per heavy atom. The predicted octanol–water partition coefficient (Wildman–Crippen LogP) is 2.77. The number of aliphatic hydroxyl groups excluding tert-OH is 1. The number of benzene rings is 2. The highest BCUT2D eigenvalue weighted by Crippen LogP contribution is 2.34. The number of anilines is 2. The zero-order chi connectivity index (χ0) is 23.2. The van der Waals surface area contributed by atoms with Crippen LogP contribution in [0.1, 0.15) is 0 Å². The van der Waals surface area contributed by atoms with Crippen molar-refractivity contribution in [1.29, 1.82) is 0 Å². The summed E-state index contributed by atoms with van der Waals surface area (Å²) in [5, 5.41) is 16.6. The molecule has 0 atom stereocenters. The van der Waals surface area contributed by atoms with Crippen LogP contribution in [0.5, 0.6) is 11.5 Å². The molecule has 9 nitrogen and oxygen atoms in total. The van der Waals surface area contributed by atoms with Crippen LogP contribution in [0.3, 0.4) is 0 Å². The number of hydrogen-bond donors (Lipinski definition) is 2. The van der Waals surface area contributed by atoms with Crippen molar-refractivity contribution >= 4 is 22.4 Å². The molecule has 2 heterocycles.